The summed E-state index contributed by atoms with van der Waals surface area (Å²) in [6.45, 7) is 1.88. The molecule has 150 valence electrons. The molecular weight excluding hydrogens is 441 g/mol. The normalized spacial score (nSPS) is 10.8. The van der Waals surface area contributed by atoms with E-state index in [1.807, 2.05) is 43.3 Å². The number of nitrogens with zero attached hydrogens (tertiary/aromatic N) is 4. The summed E-state index contributed by atoms with van der Waals surface area (Å²) in [4.78, 5) is 13.2. The zero-order chi connectivity index (χ0) is 21.1. The van der Waals surface area contributed by atoms with Gasteiger partial charge in [0.1, 0.15) is 0 Å². The fraction of sp³-hybridized carbons (Fsp3) is 0.0476. The van der Waals surface area contributed by atoms with Crippen molar-refractivity contribution in [3.8, 4) is 5.69 Å². The van der Waals surface area contributed by atoms with Gasteiger partial charge in [0.2, 0.25) is 5.16 Å². The van der Waals surface area contributed by atoms with Crippen LogP contribution in [-0.2, 0) is 0 Å². The van der Waals surface area contributed by atoms with E-state index in [9.17, 15) is 4.79 Å². The summed E-state index contributed by atoms with van der Waals surface area (Å²) in [6, 6.07) is 20.0. The summed E-state index contributed by atoms with van der Waals surface area (Å²) in [5.41, 5.74) is 2.81. The molecule has 6 nitrogen and oxygen atoms in total. The van der Waals surface area contributed by atoms with Crippen molar-refractivity contribution >= 4 is 46.6 Å². The molecule has 0 aliphatic rings. The molecule has 0 saturated heterocycles. The fourth-order valence-electron chi connectivity index (χ4n) is 2.67. The minimum atomic E-state index is -0.263. The second-order valence-corrected chi connectivity index (χ2v) is 8.20. The Labute approximate surface area is 187 Å². The number of aromatic nitrogens is 4. The van der Waals surface area contributed by atoms with Crippen LogP contribution in [0.25, 0.3) is 5.69 Å². The Balaban J connectivity index is 1.51. The van der Waals surface area contributed by atoms with E-state index in [4.69, 9.17) is 23.2 Å². The van der Waals surface area contributed by atoms with Crippen molar-refractivity contribution in [2.45, 2.75) is 17.0 Å². The lowest BCUT2D eigenvalue weighted by atomic mass is 10.1. The van der Waals surface area contributed by atoms with Gasteiger partial charge >= 0.3 is 0 Å². The minimum absolute atomic E-state index is 0.263. The number of carbonyl (C=O) groups excluding carboxylic acids is 1. The van der Waals surface area contributed by atoms with E-state index in [0.717, 1.165) is 16.1 Å². The highest BCUT2D eigenvalue weighted by Crippen LogP contribution is 2.34. The predicted octanol–water partition coefficient (Wildman–Crippen LogP) is 5.68. The molecule has 0 atom stereocenters. The van der Waals surface area contributed by atoms with Crippen LogP contribution in [0.1, 0.15) is 15.9 Å². The van der Waals surface area contributed by atoms with Gasteiger partial charge in [0.05, 0.1) is 10.7 Å². The Morgan fingerprint density at radius 1 is 1.00 bits per heavy atom. The molecule has 4 rings (SSSR count). The highest BCUT2D eigenvalue weighted by atomic mass is 35.5. The molecule has 0 aliphatic carbocycles. The number of tetrazole rings is 1. The maximum atomic E-state index is 12.5. The molecular formula is C21H15Cl2N5OS. The number of benzene rings is 3. The third kappa shape index (κ3) is 4.48. The van der Waals surface area contributed by atoms with Crippen molar-refractivity contribution in [1.29, 1.82) is 0 Å². The number of halogens is 2. The second kappa shape index (κ2) is 8.87. The van der Waals surface area contributed by atoms with Gasteiger partial charge in [-0.2, -0.15) is 4.68 Å². The van der Waals surface area contributed by atoms with Crippen molar-refractivity contribution in [1.82, 2.24) is 20.2 Å². The number of nitrogens with one attached hydrogen (secondary N) is 1. The highest BCUT2D eigenvalue weighted by Gasteiger charge is 2.14. The van der Waals surface area contributed by atoms with Crippen molar-refractivity contribution in [2.24, 2.45) is 0 Å². The van der Waals surface area contributed by atoms with Crippen LogP contribution in [0.5, 0.6) is 0 Å². The Morgan fingerprint density at radius 2 is 1.80 bits per heavy atom. The van der Waals surface area contributed by atoms with Crippen molar-refractivity contribution in [2.75, 3.05) is 5.32 Å². The third-order valence-corrected chi connectivity index (χ3v) is 6.11. The molecule has 0 aliphatic heterocycles. The molecule has 0 saturated carbocycles. The van der Waals surface area contributed by atoms with E-state index in [2.05, 4.69) is 20.8 Å². The van der Waals surface area contributed by atoms with Crippen LogP contribution >= 0.6 is 35.0 Å². The summed E-state index contributed by atoms with van der Waals surface area (Å²) in [5, 5.41) is 16.3. The van der Waals surface area contributed by atoms with Gasteiger partial charge in [-0.1, -0.05) is 47.5 Å². The lowest BCUT2D eigenvalue weighted by Crippen LogP contribution is -2.11. The molecule has 1 heterocycles. The zero-order valence-corrected chi connectivity index (χ0v) is 18.0. The Morgan fingerprint density at radius 3 is 2.53 bits per heavy atom. The lowest BCUT2D eigenvalue weighted by molar-refractivity contribution is 0.102. The number of amides is 1. The Kier molecular flexibility index (Phi) is 6.03. The quantitative estimate of drug-likeness (QED) is 0.418. The number of rotatable bonds is 5. The van der Waals surface area contributed by atoms with E-state index in [-0.39, 0.29) is 5.91 Å². The van der Waals surface area contributed by atoms with Crippen molar-refractivity contribution in [3.05, 3.63) is 87.9 Å². The molecule has 4 aromatic rings. The molecule has 0 radical (unpaired) electrons. The number of hydrogen-bond donors (Lipinski definition) is 1. The molecule has 0 fully saturated rings. The first kappa shape index (κ1) is 20.4. The molecule has 1 amide bonds. The molecule has 9 heteroatoms. The first-order chi connectivity index (χ1) is 14.5. The van der Waals surface area contributed by atoms with Gasteiger partial charge in [0, 0.05) is 21.2 Å². The summed E-state index contributed by atoms with van der Waals surface area (Å²) < 4.78 is 1.64. The molecule has 30 heavy (non-hydrogen) atoms. The smallest absolute Gasteiger partial charge is 0.255 e. The van der Waals surface area contributed by atoms with Gasteiger partial charge in [-0.15, -0.1) is 5.10 Å². The summed E-state index contributed by atoms with van der Waals surface area (Å²) in [5.74, 6) is -0.263. The van der Waals surface area contributed by atoms with E-state index in [1.54, 1.807) is 35.0 Å². The van der Waals surface area contributed by atoms with Crippen LogP contribution in [0, 0.1) is 6.92 Å². The van der Waals surface area contributed by atoms with Crippen LogP contribution in [0.2, 0.25) is 10.0 Å². The predicted molar refractivity (Wildman–Crippen MR) is 119 cm³/mol. The largest absolute Gasteiger partial charge is 0.322 e. The standard InChI is InChI=1S/C21H15Cl2N5OS/c1-13-7-8-14(11-17(13)22)20(29)24-15-9-10-19(18(23)12-15)30-21-25-26-27-28(21)16-5-3-2-4-6-16/h2-12H,1H3,(H,24,29). The van der Waals surface area contributed by atoms with Gasteiger partial charge < -0.3 is 5.32 Å². The van der Waals surface area contributed by atoms with Crippen molar-refractivity contribution in [3.63, 3.8) is 0 Å². The fourth-order valence-corrected chi connectivity index (χ4v) is 3.94. The summed E-state index contributed by atoms with van der Waals surface area (Å²) in [6.07, 6.45) is 0. The van der Waals surface area contributed by atoms with Crippen molar-refractivity contribution < 1.29 is 4.79 Å². The lowest BCUT2D eigenvalue weighted by Gasteiger charge is -2.09. The number of carbonyl (C=O) groups is 1. The molecule has 0 unspecified atom stereocenters. The van der Waals surface area contributed by atoms with Crippen LogP contribution in [0.4, 0.5) is 5.69 Å². The van der Waals surface area contributed by atoms with Crippen LogP contribution < -0.4 is 5.32 Å². The monoisotopic (exact) mass is 455 g/mol. The molecule has 0 bridgehead atoms. The van der Waals surface area contributed by atoms with Crippen LogP contribution in [0.3, 0.4) is 0 Å². The van der Waals surface area contributed by atoms with Gasteiger partial charge in [0.15, 0.2) is 0 Å². The molecule has 1 N–H and O–H groups in total. The molecule has 1 aromatic heterocycles. The topological polar surface area (TPSA) is 72.7 Å². The summed E-state index contributed by atoms with van der Waals surface area (Å²) >= 11 is 13.9. The van der Waals surface area contributed by atoms with Crippen LogP contribution in [0.15, 0.2) is 76.8 Å². The van der Waals surface area contributed by atoms with E-state index in [1.165, 1.54) is 11.8 Å². The first-order valence-corrected chi connectivity index (χ1v) is 10.5. The van der Waals surface area contributed by atoms with E-state index >= 15 is 0 Å². The minimum Gasteiger partial charge on any atom is -0.322 e. The third-order valence-electron chi connectivity index (χ3n) is 4.27. The van der Waals surface area contributed by atoms with Gasteiger partial charge in [-0.3, -0.25) is 4.79 Å². The summed E-state index contributed by atoms with van der Waals surface area (Å²) in [7, 11) is 0. The van der Waals surface area contributed by atoms with Gasteiger partial charge in [-0.05, 0) is 77.1 Å². The maximum absolute atomic E-state index is 12.5. The highest BCUT2D eigenvalue weighted by molar-refractivity contribution is 7.99. The van der Waals surface area contributed by atoms with E-state index in [0.29, 0.717) is 26.5 Å². The second-order valence-electron chi connectivity index (χ2n) is 6.37. The number of aryl methyl sites for hydroxylation is 1. The number of anilines is 1. The Hall–Kier alpha value is -2.87. The van der Waals surface area contributed by atoms with Crippen LogP contribution in [-0.4, -0.2) is 26.1 Å². The Bertz CT molecular complexity index is 1210. The van der Waals surface area contributed by atoms with Gasteiger partial charge in [-0.25, -0.2) is 0 Å². The van der Waals surface area contributed by atoms with Gasteiger partial charge in [0.25, 0.3) is 5.91 Å². The SMILES string of the molecule is Cc1ccc(C(=O)Nc2ccc(Sc3nnnn3-c3ccccc3)c(Cl)c2)cc1Cl. The zero-order valence-electron chi connectivity index (χ0n) is 15.7. The average Bonchev–Trinajstić information content (AvgIpc) is 3.21. The molecule has 0 spiro atoms. The maximum Gasteiger partial charge on any atom is 0.255 e. The number of hydrogen-bond acceptors (Lipinski definition) is 5. The first-order valence-electron chi connectivity index (χ1n) is 8.90. The number of para-hydroxylation sites is 1. The van der Waals surface area contributed by atoms with E-state index < -0.39 is 0 Å². The average molecular weight is 456 g/mol. The molecule has 3 aromatic carbocycles.